The first-order valence-electron chi connectivity index (χ1n) is 7.36. The van der Waals surface area contributed by atoms with E-state index in [4.69, 9.17) is 4.74 Å². The van der Waals surface area contributed by atoms with Gasteiger partial charge in [-0.25, -0.2) is 0 Å². The van der Waals surface area contributed by atoms with Gasteiger partial charge in [0.25, 0.3) is 0 Å². The molecule has 1 atom stereocenters. The molecular formula is C18H21NO3. The number of hydrogen-bond acceptors (Lipinski definition) is 3. The van der Waals surface area contributed by atoms with E-state index in [1.807, 2.05) is 54.6 Å². The zero-order valence-corrected chi connectivity index (χ0v) is 12.7. The summed E-state index contributed by atoms with van der Waals surface area (Å²) in [6, 6.07) is 16.7. The van der Waals surface area contributed by atoms with Crippen LogP contribution in [0.25, 0.3) is 0 Å². The number of nitrogens with one attached hydrogen (secondary N) is 1. The van der Waals surface area contributed by atoms with Crippen LogP contribution in [-0.2, 0) is 4.79 Å². The van der Waals surface area contributed by atoms with Gasteiger partial charge < -0.3 is 15.2 Å². The second-order valence-corrected chi connectivity index (χ2v) is 5.06. The molecule has 0 aromatic heterocycles. The number of anilines is 1. The van der Waals surface area contributed by atoms with Crippen molar-refractivity contribution in [3.05, 3.63) is 60.2 Å². The maximum Gasteiger partial charge on any atom is 0.224 e. The smallest absolute Gasteiger partial charge is 0.224 e. The lowest BCUT2D eigenvalue weighted by atomic mass is 10.0. The highest BCUT2D eigenvalue weighted by Gasteiger charge is 2.13. The van der Waals surface area contributed by atoms with Crippen LogP contribution in [0.3, 0.4) is 0 Å². The van der Waals surface area contributed by atoms with E-state index in [2.05, 4.69) is 5.32 Å². The first-order valence-corrected chi connectivity index (χ1v) is 7.36. The lowest BCUT2D eigenvalue weighted by Gasteiger charge is -2.14. The third-order valence-electron chi connectivity index (χ3n) is 3.44. The maximum atomic E-state index is 11.8. The highest BCUT2D eigenvalue weighted by atomic mass is 16.5. The summed E-state index contributed by atoms with van der Waals surface area (Å²) in [6.45, 7) is 0. The van der Waals surface area contributed by atoms with Gasteiger partial charge in [0.1, 0.15) is 5.75 Å². The van der Waals surface area contributed by atoms with Gasteiger partial charge in [0, 0.05) is 17.7 Å². The maximum absolute atomic E-state index is 11.8. The topological polar surface area (TPSA) is 58.6 Å². The summed E-state index contributed by atoms with van der Waals surface area (Å²) >= 11 is 0. The van der Waals surface area contributed by atoms with Crippen molar-refractivity contribution in [3.63, 3.8) is 0 Å². The molecule has 1 amide bonds. The zero-order chi connectivity index (χ0) is 15.8. The Balaban J connectivity index is 1.79. The second kappa shape index (κ2) is 8.20. The molecule has 116 valence electrons. The lowest BCUT2D eigenvalue weighted by Crippen LogP contribution is -2.11. The van der Waals surface area contributed by atoms with Crippen LogP contribution in [0.5, 0.6) is 5.75 Å². The molecule has 2 N–H and O–H groups in total. The largest absolute Gasteiger partial charge is 0.496 e. The fraction of sp³-hybridized carbons (Fsp3) is 0.278. The molecule has 0 aliphatic heterocycles. The van der Waals surface area contributed by atoms with Crippen LogP contribution in [0.1, 0.15) is 30.9 Å². The summed E-state index contributed by atoms with van der Waals surface area (Å²) in [5.74, 6) is 0.627. The predicted molar refractivity (Wildman–Crippen MR) is 86.9 cm³/mol. The number of rotatable bonds is 7. The number of methoxy groups -OCH3 is 1. The van der Waals surface area contributed by atoms with Crippen molar-refractivity contribution < 1.29 is 14.6 Å². The highest BCUT2D eigenvalue weighted by molar-refractivity contribution is 5.90. The molecule has 4 nitrogen and oxygen atoms in total. The van der Waals surface area contributed by atoms with Crippen molar-refractivity contribution in [3.8, 4) is 5.75 Å². The SMILES string of the molecule is COc1ccccc1[C@H](O)CCCC(=O)Nc1ccccc1. The van der Waals surface area contributed by atoms with Crippen LogP contribution < -0.4 is 10.1 Å². The van der Waals surface area contributed by atoms with Gasteiger partial charge in [-0.2, -0.15) is 0 Å². The molecule has 0 heterocycles. The van der Waals surface area contributed by atoms with E-state index in [1.165, 1.54) is 0 Å². The molecule has 0 spiro atoms. The van der Waals surface area contributed by atoms with E-state index in [-0.39, 0.29) is 5.91 Å². The third kappa shape index (κ3) is 4.60. The number of ether oxygens (including phenoxy) is 1. The van der Waals surface area contributed by atoms with Crippen molar-refractivity contribution in [1.29, 1.82) is 0 Å². The van der Waals surface area contributed by atoms with Crippen molar-refractivity contribution >= 4 is 11.6 Å². The average molecular weight is 299 g/mol. The Morgan fingerprint density at radius 2 is 1.82 bits per heavy atom. The molecule has 4 heteroatoms. The fourth-order valence-electron chi connectivity index (χ4n) is 2.30. The summed E-state index contributed by atoms with van der Waals surface area (Å²) in [5, 5.41) is 13.1. The molecule has 0 radical (unpaired) electrons. The molecule has 0 saturated heterocycles. The number of carbonyl (C=O) groups excluding carboxylic acids is 1. The molecule has 2 rings (SSSR count). The second-order valence-electron chi connectivity index (χ2n) is 5.06. The van der Waals surface area contributed by atoms with Gasteiger partial charge in [0.15, 0.2) is 0 Å². The molecule has 2 aromatic carbocycles. The quantitative estimate of drug-likeness (QED) is 0.822. The number of benzene rings is 2. The minimum absolute atomic E-state index is 0.0431. The molecule has 0 fully saturated rings. The molecule has 0 bridgehead atoms. The van der Waals surface area contributed by atoms with E-state index in [9.17, 15) is 9.90 Å². The molecular weight excluding hydrogens is 278 g/mol. The van der Waals surface area contributed by atoms with Gasteiger partial charge in [-0.15, -0.1) is 0 Å². The number of aliphatic hydroxyl groups is 1. The van der Waals surface area contributed by atoms with Crippen molar-refractivity contribution in [1.82, 2.24) is 0 Å². The van der Waals surface area contributed by atoms with Crippen LogP contribution >= 0.6 is 0 Å². The Kier molecular flexibility index (Phi) is 5.98. The van der Waals surface area contributed by atoms with Crippen molar-refractivity contribution in [2.45, 2.75) is 25.4 Å². The summed E-state index contributed by atoms with van der Waals surface area (Å²) in [5.41, 5.74) is 1.55. The Morgan fingerprint density at radius 3 is 2.55 bits per heavy atom. The number of amides is 1. The third-order valence-corrected chi connectivity index (χ3v) is 3.44. The molecule has 0 aliphatic carbocycles. The Labute approximate surface area is 130 Å². The van der Waals surface area contributed by atoms with E-state index >= 15 is 0 Å². The van der Waals surface area contributed by atoms with Crippen LogP contribution in [0.15, 0.2) is 54.6 Å². The van der Waals surface area contributed by atoms with Crippen LogP contribution in [0.4, 0.5) is 5.69 Å². The fourth-order valence-corrected chi connectivity index (χ4v) is 2.30. The minimum atomic E-state index is -0.624. The number of hydrogen-bond donors (Lipinski definition) is 2. The first kappa shape index (κ1) is 16.0. The lowest BCUT2D eigenvalue weighted by molar-refractivity contribution is -0.116. The summed E-state index contributed by atoms with van der Waals surface area (Å²) in [7, 11) is 1.58. The van der Waals surface area contributed by atoms with E-state index < -0.39 is 6.10 Å². The summed E-state index contributed by atoms with van der Waals surface area (Å²) < 4.78 is 5.23. The van der Waals surface area contributed by atoms with Crippen molar-refractivity contribution in [2.75, 3.05) is 12.4 Å². The number of aliphatic hydroxyl groups excluding tert-OH is 1. The van der Waals surface area contributed by atoms with E-state index in [1.54, 1.807) is 7.11 Å². The average Bonchev–Trinajstić information content (AvgIpc) is 2.55. The van der Waals surface area contributed by atoms with Gasteiger partial charge in [-0.1, -0.05) is 36.4 Å². The standard InChI is InChI=1S/C18H21NO3/c1-22-17-12-6-5-10-15(17)16(20)11-7-13-18(21)19-14-8-3-2-4-9-14/h2-6,8-10,12,16,20H,7,11,13H2,1H3,(H,19,21)/t16-/m1/s1. The number of para-hydroxylation sites is 2. The van der Waals surface area contributed by atoms with Crippen LogP contribution in [0.2, 0.25) is 0 Å². The van der Waals surface area contributed by atoms with Gasteiger partial charge in [0.05, 0.1) is 13.2 Å². The van der Waals surface area contributed by atoms with E-state index in [0.717, 1.165) is 11.3 Å². The van der Waals surface area contributed by atoms with Gasteiger partial charge in [-0.05, 0) is 31.0 Å². The normalized spacial score (nSPS) is 11.7. The minimum Gasteiger partial charge on any atom is -0.496 e. The van der Waals surface area contributed by atoms with Gasteiger partial charge in [-0.3, -0.25) is 4.79 Å². The Morgan fingerprint density at radius 1 is 1.14 bits per heavy atom. The van der Waals surface area contributed by atoms with Crippen LogP contribution in [-0.4, -0.2) is 18.1 Å². The van der Waals surface area contributed by atoms with Crippen molar-refractivity contribution in [2.24, 2.45) is 0 Å². The molecule has 0 saturated carbocycles. The van der Waals surface area contributed by atoms with E-state index in [0.29, 0.717) is 25.0 Å². The molecule has 22 heavy (non-hydrogen) atoms. The summed E-state index contributed by atoms with van der Waals surface area (Å²) in [4.78, 5) is 11.8. The highest BCUT2D eigenvalue weighted by Crippen LogP contribution is 2.27. The molecule has 0 aliphatic rings. The van der Waals surface area contributed by atoms with Crippen LogP contribution in [0, 0.1) is 0 Å². The number of carbonyl (C=O) groups is 1. The van der Waals surface area contributed by atoms with Gasteiger partial charge in [0.2, 0.25) is 5.91 Å². The Hall–Kier alpha value is -2.33. The Bertz CT molecular complexity index is 598. The predicted octanol–water partition coefficient (Wildman–Crippen LogP) is 3.54. The summed E-state index contributed by atoms with van der Waals surface area (Å²) in [6.07, 6.45) is 0.877. The first-order chi connectivity index (χ1) is 10.7. The molecule has 0 unspecified atom stereocenters. The van der Waals surface area contributed by atoms with Gasteiger partial charge >= 0.3 is 0 Å². The monoisotopic (exact) mass is 299 g/mol. The zero-order valence-electron chi connectivity index (χ0n) is 12.7. The molecule has 2 aromatic rings.